The summed E-state index contributed by atoms with van der Waals surface area (Å²) < 4.78 is 0. The van der Waals surface area contributed by atoms with Crippen molar-refractivity contribution in [1.29, 1.82) is 0 Å². The predicted octanol–water partition coefficient (Wildman–Crippen LogP) is 0.339. The molecule has 76 valence electrons. The minimum atomic E-state index is -0.288. The first-order chi connectivity index (χ1) is 6.09. The van der Waals surface area contributed by atoms with E-state index in [0.717, 1.165) is 32.7 Å². The van der Waals surface area contributed by atoms with Gasteiger partial charge in [0.05, 0.1) is 0 Å². The number of carbonyl (C=O) groups excluding carboxylic acids is 1. The molecule has 1 rings (SSSR count). The Morgan fingerprint density at radius 2 is 1.85 bits per heavy atom. The predicted molar refractivity (Wildman–Crippen MR) is 52.4 cm³/mol. The zero-order chi connectivity index (χ0) is 9.84. The molecule has 13 heavy (non-hydrogen) atoms. The molecule has 0 aromatic carbocycles. The molecule has 0 radical (unpaired) electrons. The number of piperazine rings is 1. The van der Waals surface area contributed by atoms with Crippen molar-refractivity contribution >= 4 is 6.03 Å². The standard InChI is InChI=1S/C9H19N3O/c1-8(2)7-11-3-5-12(6-4-11)9(10)13/h8H,3-7H2,1-2H3,(H2,10,13). The minimum Gasteiger partial charge on any atom is -0.351 e. The van der Waals surface area contributed by atoms with Crippen molar-refractivity contribution in [3.05, 3.63) is 0 Å². The Balaban J connectivity index is 2.26. The quantitative estimate of drug-likeness (QED) is 0.674. The van der Waals surface area contributed by atoms with Gasteiger partial charge in [-0.15, -0.1) is 0 Å². The zero-order valence-electron chi connectivity index (χ0n) is 8.49. The third-order valence-corrected chi connectivity index (χ3v) is 2.31. The first kappa shape index (κ1) is 10.3. The van der Waals surface area contributed by atoms with Crippen molar-refractivity contribution in [2.24, 2.45) is 11.7 Å². The third-order valence-electron chi connectivity index (χ3n) is 2.31. The summed E-state index contributed by atoms with van der Waals surface area (Å²) in [5.74, 6) is 0.695. The van der Waals surface area contributed by atoms with Gasteiger partial charge in [0.1, 0.15) is 0 Å². The molecule has 1 saturated heterocycles. The minimum absolute atomic E-state index is 0.288. The van der Waals surface area contributed by atoms with Crippen LogP contribution in [-0.2, 0) is 0 Å². The van der Waals surface area contributed by atoms with Crippen LogP contribution in [-0.4, -0.2) is 48.6 Å². The van der Waals surface area contributed by atoms with Crippen LogP contribution in [0.25, 0.3) is 0 Å². The maximum Gasteiger partial charge on any atom is 0.314 e. The van der Waals surface area contributed by atoms with Crippen molar-refractivity contribution in [2.45, 2.75) is 13.8 Å². The Morgan fingerprint density at radius 1 is 1.31 bits per heavy atom. The number of rotatable bonds is 2. The molecule has 4 heteroatoms. The highest BCUT2D eigenvalue weighted by molar-refractivity contribution is 5.72. The molecule has 0 aliphatic carbocycles. The molecule has 0 bridgehead atoms. The summed E-state index contributed by atoms with van der Waals surface area (Å²) in [4.78, 5) is 14.9. The lowest BCUT2D eigenvalue weighted by molar-refractivity contribution is 0.136. The molecule has 0 aromatic rings. The lowest BCUT2D eigenvalue weighted by Gasteiger charge is -2.34. The summed E-state index contributed by atoms with van der Waals surface area (Å²) in [7, 11) is 0. The van der Waals surface area contributed by atoms with Gasteiger partial charge in [-0.1, -0.05) is 13.8 Å². The molecule has 0 unspecified atom stereocenters. The van der Waals surface area contributed by atoms with Gasteiger partial charge in [0, 0.05) is 32.7 Å². The average Bonchev–Trinajstić information content (AvgIpc) is 2.04. The second-order valence-corrected chi connectivity index (χ2v) is 4.02. The van der Waals surface area contributed by atoms with E-state index in [1.807, 2.05) is 0 Å². The van der Waals surface area contributed by atoms with Crippen LogP contribution in [0, 0.1) is 5.92 Å². The lowest BCUT2D eigenvalue weighted by Crippen LogP contribution is -2.51. The highest BCUT2D eigenvalue weighted by Crippen LogP contribution is 2.04. The summed E-state index contributed by atoms with van der Waals surface area (Å²) in [6, 6.07) is -0.288. The van der Waals surface area contributed by atoms with E-state index >= 15 is 0 Å². The van der Waals surface area contributed by atoms with Gasteiger partial charge < -0.3 is 10.6 Å². The van der Waals surface area contributed by atoms with Crippen LogP contribution in [0.1, 0.15) is 13.8 Å². The molecule has 0 spiro atoms. The van der Waals surface area contributed by atoms with E-state index in [9.17, 15) is 4.79 Å². The molecule has 1 aliphatic heterocycles. The molecular formula is C9H19N3O. The normalized spacial score (nSPS) is 19.5. The van der Waals surface area contributed by atoms with E-state index < -0.39 is 0 Å². The molecule has 0 atom stereocenters. The van der Waals surface area contributed by atoms with Gasteiger partial charge in [-0.25, -0.2) is 4.79 Å². The zero-order valence-corrected chi connectivity index (χ0v) is 8.49. The van der Waals surface area contributed by atoms with Gasteiger partial charge in [0.2, 0.25) is 0 Å². The van der Waals surface area contributed by atoms with Crippen molar-refractivity contribution < 1.29 is 4.79 Å². The van der Waals surface area contributed by atoms with E-state index in [2.05, 4.69) is 18.7 Å². The van der Waals surface area contributed by atoms with E-state index in [-0.39, 0.29) is 6.03 Å². The Morgan fingerprint density at radius 3 is 2.23 bits per heavy atom. The molecule has 1 fully saturated rings. The fraction of sp³-hybridized carbons (Fsp3) is 0.889. The van der Waals surface area contributed by atoms with Crippen LogP contribution in [0.5, 0.6) is 0 Å². The summed E-state index contributed by atoms with van der Waals surface area (Å²) in [5.41, 5.74) is 5.18. The average molecular weight is 185 g/mol. The second-order valence-electron chi connectivity index (χ2n) is 4.02. The van der Waals surface area contributed by atoms with E-state index in [1.54, 1.807) is 4.90 Å². The molecule has 0 aromatic heterocycles. The van der Waals surface area contributed by atoms with E-state index in [0.29, 0.717) is 5.92 Å². The Bertz CT molecular complexity index is 174. The number of hydrogen-bond acceptors (Lipinski definition) is 2. The number of carbonyl (C=O) groups is 1. The topological polar surface area (TPSA) is 49.6 Å². The Kier molecular flexibility index (Phi) is 3.54. The number of hydrogen-bond donors (Lipinski definition) is 1. The third kappa shape index (κ3) is 3.22. The fourth-order valence-electron chi connectivity index (χ4n) is 1.67. The maximum absolute atomic E-state index is 10.8. The van der Waals surface area contributed by atoms with Gasteiger partial charge in [-0.05, 0) is 5.92 Å². The fourth-order valence-corrected chi connectivity index (χ4v) is 1.67. The smallest absolute Gasteiger partial charge is 0.314 e. The molecule has 0 saturated carbocycles. The maximum atomic E-state index is 10.8. The van der Waals surface area contributed by atoms with Crippen molar-refractivity contribution in [3.8, 4) is 0 Å². The van der Waals surface area contributed by atoms with Gasteiger partial charge in [0.25, 0.3) is 0 Å². The highest BCUT2D eigenvalue weighted by atomic mass is 16.2. The van der Waals surface area contributed by atoms with Gasteiger partial charge in [-0.2, -0.15) is 0 Å². The number of primary amides is 1. The number of nitrogens with two attached hydrogens (primary N) is 1. The SMILES string of the molecule is CC(C)CN1CCN(C(N)=O)CC1. The lowest BCUT2D eigenvalue weighted by atomic mass is 10.2. The largest absolute Gasteiger partial charge is 0.351 e. The number of urea groups is 1. The monoisotopic (exact) mass is 185 g/mol. The summed E-state index contributed by atoms with van der Waals surface area (Å²) in [6.07, 6.45) is 0. The van der Waals surface area contributed by atoms with Crippen LogP contribution in [0.3, 0.4) is 0 Å². The van der Waals surface area contributed by atoms with Crippen molar-refractivity contribution in [3.63, 3.8) is 0 Å². The van der Waals surface area contributed by atoms with Crippen LogP contribution in [0.2, 0.25) is 0 Å². The Labute approximate surface area is 79.7 Å². The van der Waals surface area contributed by atoms with E-state index in [4.69, 9.17) is 5.73 Å². The number of amides is 2. The highest BCUT2D eigenvalue weighted by Gasteiger charge is 2.18. The molecule has 1 heterocycles. The summed E-state index contributed by atoms with van der Waals surface area (Å²) in [5, 5.41) is 0. The molecular weight excluding hydrogens is 166 g/mol. The summed E-state index contributed by atoms with van der Waals surface area (Å²) >= 11 is 0. The van der Waals surface area contributed by atoms with Gasteiger partial charge in [0.15, 0.2) is 0 Å². The Hall–Kier alpha value is -0.770. The van der Waals surface area contributed by atoms with Gasteiger partial charge in [-0.3, -0.25) is 4.90 Å². The summed E-state index contributed by atoms with van der Waals surface area (Å²) in [6.45, 7) is 9.01. The first-order valence-electron chi connectivity index (χ1n) is 4.86. The molecule has 2 N–H and O–H groups in total. The molecule has 4 nitrogen and oxygen atoms in total. The molecule has 1 aliphatic rings. The first-order valence-corrected chi connectivity index (χ1v) is 4.86. The van der Waals surface area contributed by atoms with Crippen molar-refractivity contribution in [2.75, 3.05) is 32.7 Å². The van der Waals surface area contributed by atoms with Crippen LogP contribution < -0.4 is 5.73 Å². The second kappa shape index (κ2) is 4.46. The van der Waals surface area contributed by atoms with E-state index in [1.165, 1.54) is 0 Å². The molecule has 2 amide bonds. The van der Waals surface area contributed by atoms with Crippen molar-refractivity contribution in [1.82, 2.24) is 9.80 Å². The van der Waals surface area contributed by atoms with Crippen LogP contribution in [0.4, 0.5) is 4.79 Å². The van der Waals surface area contributed by atoms with Crippen LogP contribution >= 0.6 is 0 Å². The van der Waals surface area contributed by atoms with Gasteiger partial charge >= 0.3 is 6.03 Å². The van der Waals surface area contributed by atoms with Crippen LogP contribution in [0.15, 0.2) is 0 Å². The number of nitrogens with zero attached hydrogens (tertiary/aromatic N) is 2.